The summed E-state index contributed by atoms with van der Waals surface area (Å²) in [5.41, 5.74) is 5.45. The van der Waals surface area contributed by atoms with Crippen LogP contribution >= 0.6 is 0 Å². The SMILES string of the molecule is N#Cc1ccc(NCc2cccc3c2NCC3)cc1C#N. The van der Waals surface area contributed by atoms with Crippen LogP contribution in [0.25, 0.3) is 0 Å². The zero-order valence-electron chi connectivity index (χ0n) is 11.5. The van der Waals surface area contributed by atoms with Crippen molar-refractivity contribution >= 4 is 11.4 Å². The van der Waals surface area contributed by atoms with Crippen LogP contribution in [0.2, 0.25) is 0 Å². The first-order chi connectivity index (χ1) is 10.3. The van der Waals surface area contributed by atoms with E-state index in [1.54, 1.807) is 12.1 Å². The van der Waals surface area contributed by atoms with Gasteiger partial charge in [-0.3, -0.25) is 0 Å². The van der Waals surface area contributed by atoms with Gasteiger partial charge >= 0.3 is 0 Å². The molecule has 0 radical (unpaired) electrons. The van der Waals surface area contributed by atoms with Crippen LogP contribution in [0.15, 0.2) is 36.4 Å². The highest BCUT2D eigenvalue weighted by Gasteiger charge is 2.13. The van der Waals surface area contributed by atoms with E-state index in [1.807, 2.05) is 12.1 Å². The molecule has 2 aromatic carbocycles. The Balaban J connectivity index is 1.79. The summed E-state index contributed by atoms with van der Waals surface area (Å²) in [7, 11) is 0. The van der Waals surface area contributed by atoms with Gasteiger partial charge in [0.1, 0.15) is 12.1 Å². The molecule has 1 aliphatic heterocycles. The molecule has 1 heterocycles. The summed E-state index contributed by atoms with van der Waals surface area (Å²) >= 11 is 0. The smallest absolute Gasteiger partial charge is 0.101 e. The van der Waals surface area contributed by atoms with Gasteiger partial charge in [-0.05, 0) is 35.7 Å². The van der Waals surface area contributed by atoms with E-state index in [0.29, 0.717) is 17.7 Å². The van der Waals surface area contributed by atoms with E-state index in [4.69, 9.17) is 10.5 Å². The number of nitrogens with zero attached hydrogens (tertiary/aromatic N) is 2. The normalized spacial score (nSPS) is 11.9. The lowest BCUT2D eigenvalue weighted by molar-refractivity contribution is 1.11. The molecule has 1 aliphatic rings. The molecule has 21 heavy (non-hydrogen) atoms. The van der Waals surface area contributed by atoms with E-state index >= 15 is 0 Å². The summed E-state index contributed by atoms with van der Waals surface area (Å²) in [6.07, 6.45) is 1.07. The zero-order valence-corrected chi connectivity index (χ0v) is 11.5. The fraction of sp³-hybridized carbons (Fsp3) is 0.176. The molecule has 0 bridgehead atoms. The Kier molecular flexibility index (Phi) is 3.45. The summed E-state index contributed by atoms with van der Waals surface area (Å²) in [6, 6.07) is 15.6. The number of hydrogen-bond donors (Lipinski definition) is 2. The van der Waals surface area contributed by atoms with Crippen molar-refractivity contribution in [3.63, 3.8) is 0 Å². The number of hydrogen-bond acceptors (Lipinski definition) is 4. The number of benzene rings is 2. The van der Waals surface area contributed by atoms with E-state index in [0.717, 1.165) is 18.7 Å². The van der Waals surface area contributed by atoms with Crippen LogP contribution in [0, 0.1) is 22.7 Å². The molecule has 0 fully saturated rings. The van der Waals surface area contributed by atoms with Gasteiger partial charge in [-0.15, -0.1) is 0 Å². The second kappa shape index (κ2) is 5.56. The zero-order chi connectivity index (χ0) is 14.7. The van der Waals surface area contributed by atoms with Crippen LogP contribution in [0.4, 0.5) is 11.4 Å². The van der Waals surface area contributed by atoms with Crippen molar-refractivity contribution < 1.29 is 0 Å². The van der Waals surface area contributed by atoms with Crippen molar-refractivity contribution in [1.82, 2.24) is 0 Å². The first-order valence-electron chi connectivity index (χ1n) is 6.84. The predicted molar refractivity (Wildman–Crippen MR) is 81.8 cm³/mol. The summed E-state index contributed by atoms with van der Waals surface area (Å²) in [5.74, 6) is 0. The number of anilines is 2. The van der Waals surface area contributed by atoms with Crippen molar-refractivity contribution in [2.75, 3.05) is 17.2 Å². The summed E-state index contributed by atoms with van der Waals surface area (Å²) in [4.78, 5) is 0. The van der Waals surface area contributed by atoms with Gasteiger partial charge in [0.2, 0.25) is 0 Å². The molecule has 2 N–H and O–H groups in total. The first kappa shape index (κ1) is 13.0. The minimum absolute atomic E-state index is 0.402. The molecule has 0 amide bonds. The Hall–Kier alpha value is -2.98. The lowest BCUT2D eigenvalue weighted by Crippen LogP contribution is -2.03. The van der Waals surface area contributed by atoms with E-state index in [-0.39, 0.29) is 0 Å². The molecule has 0 saturated heterocycles. The van der Waals surface area contributed by atoms with Crippen LogP contribution in [0.3, 0.4) is 0 Å². The fourth-order valence-corrected chi connectivity index (χ4v) is 2.60. The van der Waals surface area contributed by atoms with Gasteiger partial charge in [0.15, 0.2) is 0 Å². The maximum absolute atomic E-state index is 9.05. The molecule has 102 valence electrons. The van der Waals surface area contributed by atoms with Crippen LogP contribution < -0.4 is 10.6 Å². The van der Waals surface area contributed by atoms with Crippen molar-refractivity contribution in [3.05, 3.63) is 58.7 Å². The molecule has 2 aromatic rings. The Morgan fingerprint density at radius 1 is 1.10 bits per heavy atom. The van der Waals surface area contributed by atoms with Crippen molar-refractivity contribution in [3.8, 4) is 12.1 Å². The second-order valence-corrected chi connectivity index (χ2v) is 4.97. The fourth-order valence-electron chi connectivity index (χ4n) is 2.60. The number of para-hydroxylation sites is 1. The maximum Gasteiger partial charge on any atom is 0.101 e. The quantitative estimate of drug-likeness (QED) is 0.902. The van der Waals surface area contributed by atoms with Crippen LogP contribution in [-0.4, -0.2) is 6.54 Å². The molecule has 0 unspecified atom stereocenters. The molecule has 0 aromatic heterocycles. The standard InChI is InChI=1S/C17H14N4/c18-9-13-4-5-16(8-15(13)10-19)21-11-14-3-1-2-12-6-7-20-17(12)14/h1-5,8,20-21H,6-7,11H2. The van der Waals surface area contributed by atoms with Gasteiger partial charge < -0.3 is 10.6 Å². The minimum atomic E-state index is 0.402. The van der Waals surface area contributed by atoms with Crippen LogP contribution in [0.5, 0.6) is 0 Å². The number of rotatable bonds is 3. The third-order valence-corrected chi connectivity index (χ3v) is 3.68. The minimum Gasteiger partial charge on any atom is -0.384 e. The first-order valence-corrected chi connectivity index (χ1v) is 6.84. The third-order valence-electron chi connectivity index (χ3n) is 3.68. The summed E-state index contributed by atoms with van der Waals surface area (Å²) in [5, 5.41) is 24.7. The number of nitriles is 2. The van der Waals surface area contributed by atoms with Gasteiger partial charge in [-0.1, -0.05) is 18.2 Å². The lowest BCUT2D eigenvalue weighted by Gasteiger charge is -2.11. The van der Waals surface area contributed by atoms with Gasteiger partial charge in [-0.2, -0.15) is 10.5 Å². The van der Waals surface area contributed by atoms with E-state index in [9.17, 15) is 0 Å². The summed E-state index contributed by atoms with van der Waals surface area (Å²) in [6.45, 7) is 1.68. The number of fused-ring (bicyclic) bond motifs is 1. The average Bonchev–Trinajstić information content (AvgIpc) is 3.01. The monoisotopic (exact) mass is 274 g/mol. The lowest BCUT2D eigenvalue weighted by atomic mass is 10.1. The highest BCUT2D eigenvalue weighted by molar-refractivity contribution is 5.63. The van der Waals surface area contributed by atoms with Gasteiger partial charge in [0, 0.05) is 24.5 Å². The van der Waals surface area contributed by atoms with Gasteiger partial charge in [-0.25, -0.2) is 0 Å². The highest BCUT2D eigenvalue weighted by atomic mass is 14.9. The molecular formula is C17H14N4. The van der Waals surface area contributed by atoms with E-state index < -0.39 is 0 Å². The second-order valence-electron chi connectivity index (χ2n) is 4.97. The summed E-state index contributed by atoms with van der Waals surface area (Å²) < 4.78 is 0. The Morgan fingerprint density at radius 2 is 1.95 bits per heavy atom. The van der Waals surface area contributed by atoms with Crippen molar-refractivity contribution in [2.24, 2.45) is 0 Å². The average molecular weight is 274 g/mol. The van der Waals surface area contributed by atoms with E-state index in [1.165, 1.54) is 16.8 Å². The Bertz CT molecular complexity index is 765. The van der Waals surface area contributed by atoms with Crippen molar-refractivity contribution in [2.45, 2.75) is 13.0 Å². The van der Waals surface area contributed by atoms with Crippen LogP contribution in [0.1, 0.15) is 22.3 Å². The molecule has 4 heteroatoms. The molecule has 3 rings (SSSR count). The maximum atomic E-state index is 9.05. The molecule has 0 aliphatic carbocycles. The third kappa shape index (κ3) is 2.52. The molecule has 0 spiro atoms. The molecular weight excluding hydrogens is 260 g/mol. The number of nitrogens with one attached hydrogen (secondary N) is 2. The van der Waals surface area contributed by atoms with Crippen LogP contribution in [-0.2, 0) is 13.0 Å². The molecule has 4 nitrogen and oxygen atoms in total. The molecule has 0 atom stereocenters. The topological polar surface area (TPSA) is 71.6 Å². The largest absolute Gasteiger partial charge is 0.384 e. The van der Waals surface area contributed by atoms with Gasteiger partial charge in [0.05, 0.1) is 11.1 Å². The van der Waals surface area contributed by atoms with E-state index in [2.05, 4.69) is 34.9 Å². The molecule has 0 saturated carbocycles. The highest BCUT2D eigenvalue weighted by Crippen LogP contribution is 2.27. The van der Waals surface area contributed by atoms with Gasteiger partial charge in [0.25, 0.3) is 0 Å². The Morgan fingerprint density at radius 3 is 2.76 bits per heavy atom. The Labute approximate surface area is 123 Å². The predicted octanol–water partition coefficient (Wildman–Crippen LogP) is 3.01. The van der Waals surface area contributed by atoms with Crippen molar-refractivity contribution in [1.29, 1.82) is 10.5 Å².